The lowest BCUT2D eigenvalue weighted by atomic mass is 10.0. The van der Waals surface area contributed by atoms with Gasteiger partial charge in [-0.2, -0.15) is 5.26 Å². The highest BCUT2D eigenvalue weighted by molar-refractivity contribution is 6.32. The second-order valence-electron chi connectivity index (χ2n) is 5.75. The van der Waals surface area contributed by atoms with E-state index in [1.165, 1.54) is 13.5 Å². The summed E-state index contributed by atoms with van der Waals surface area (Å²) >= 11 is 6.06. The molecule has 0 aromatic heterocycles. The maximum Gasteiger partial charge on any atom is 0.267 e. The number of ether oxygens (including phenoxy) is 1. The molecule has 2 rings (SSSR count). The molecular weight excluding hydrogens is 326 g/mol. The number of carbonyl (C=O) groups is 1. The van der Waals surface area contributed by atoms with Gasteiger partial charge in [0.2, 0.25) is 0 Å². The van der Waals surface area contributed by atoms with Crippen LogP contribution in [-0.4, -0.2) is 30.5 Å². The minimum atomic E-state index is -0.431. The molecule has 0 aliphatic carbocycles. The number of anilines is 1. The van der Waals surface area contributed by atoms with E-state index < -0.39 is 5.91 Å². The van der Waals surface area contributed by atoms with Crippen LogP contribution in [0.3, 0.4) is 0 Å². The summed E-state index contributed by atoms with van der Waals surface area (Å²) in [5.41, 5.74) is 0.625. The molecule has 1 amide bonds. The molecule has 0 radical (unpaired) electrons. The van der Waals surface area contributed by atoms with Gasteiger partial charge in [0.1, 0.15) is 17.4 Å². The average Bonchev–Trinajstić information content (AvgIpc) is 2.60. The lowest BCUT2D eigenvalue weighted by Crippen LogP contribution is -2.35. The third-order valence-corrected chi connectivity index (χ3v) is 4.51. The van der Waals surface area contributed by atoms with Gasteiger partial charge in [-0.1, -0.05) is 18.5 Å². The summed E-state index contributed by atoms with van der Waals surface area (Å²) in [6.45, 7) is 3.01. The molecule has 1 heterocycles. The molecule has 1 aromatic rings. The van der Waals surface area contributed by atoms with Gasteiger partial charge in [-0.15, -0.1) is 0 Å². The lowest BCUT2D eigenvalue weighted by Gasteiger charge is -2.34. The van der Waals surface area contributed by atoms with Crippen LogP contribution in [0.4, 0.5) is 5.69 Å². The number of rotatable bonds is 5. The topological polar surface area (TPSA) is 65.4 Å². The standard InChI is InChI=1S/C18H22ClN3O2/c1-3-15-6-4-5-9-22(15)12-13(11-20)18(23)21-14-7-8-17(24-2)16(19)10-14/h7-8,10,12,15H,3-6,9H2,1-2H3,(H,21,23)/b13-12-. The molecule has 24 heavy (non-hydrogen) atoms. The number of nitrogens with one attached hydrogen (secondary N) is 1. The zero-order chi connectivity index (χ0) is 17.5. The molecule has 0 saturated carbocycles. The maximum atomic E-state index is 12.4. The van der Waals surface area contributed by atoms with Gasteiger partial charge >= 0.3 is 0 Å². The highest BCUT2D eigenvalue weighted by atomic mass is 35.5. The third-order valence-electron chi connectivity index (χ3n) is 4.21. The Morgan fingerprint density at radius 2 is 2.33 bits per heavy atom. The van der Waals surface area contributed by atoms with E-state index in [1.807, 2.05) is 6.07 Å². The Labute approximate surface area is 147 Å². The molecular formula is C18H22ClN3O2. The molecule has 5 nitrogen and oxygen atoms in total. The van der Waals surface area contributed by atoms with Crippen molar-refractivity contribution in [3.8, 4) is 11.8 Å². The number of nitrogens with zero attached hydrogens (tertiary/aromatic N) is 2. The van der Waals surface area contributed by atoms with Crippen molar-refractivity contribution in [3.05, 3.63) is 35.0 Å². The molecule has 1 aliphatic rings. The van der Waals surface area contributed by atoms with Gasteiger partial charge in [0.25, 0.3) is 5.91 Å². The molecule has 1 atom stereocenters. The van der Waals surface area contributed by atoms with E-state index in [-0.39, 0.29) is 5.57 Å². The van der Waals surface area contributed by atoms with Gasteiger partial charge in [0, 0.05) is 24.5 Å². The molecule has 128 valence electrons. The number of halogens is 1. The molecule has 1 aromatic carbocycles. The van der Waals surface area contributed by atoms with Crippen LogP contribution in [-0.2, 0) is 4.79 Å². The zero-order valence-electron chi connectivity index (χ0n) is 14.0. The second-order valence-corrected chi connectivity index (χ2v) is 6.16. The van der Waals surface area contributed by atoms with Crippen LogP contribution in [0.1, 0.15) is 32.6 Å². The monoisotopic (exact) mass is 347 g/mol. The number of methoxy groups -OCH3 is 1. The summed E-state index contributed by atoms with van der Waals surface area (Å²) in [7, 11) is 1.53. The number of nitriles is 1. The van der Waals surface area contributed by atoms with Gasteiger partial charge in [-0.25, -0.2) is 0 Å². The minimum Gasteiger partial charge on any atom is -0.495 e. The highest BCUT2D eigenvalue weighted by Crippen LogP contribution is 2.27. The van der Waals surface area contributed by atoms with Crippen molar-refractivity contribution >= 4 is 23.2 Å². The smallest absolute Gasteiger partial charge is 0.267 e. The first-order chi connectivity index (χ1) is 11.6. The fourth-order valence-corrected chi connectivity index (χ4v) is 3.14. The van der Waals surface area contributed by atoms with Crippen LogP contribution in [0, 0.1) is 11.3 Å². The molecule has 6 heteroatoms. The van der Waals surface area contributed by atoms with Crippen LogP contribution >= 0.6 is 11.6 Å². The van der Waals surface area contributed by atoms with Gasteiger partial charge < -0.3 is 15.0 Å². The minimum absolute atomic E-state index is 0.0993. The Kier molecular flexibility index (Phi) is 6.51. The SMILES string of the molecule is CCC1CCCCN1/C=C(/C#N)C(=O)Nc1ccc(OC)c(Cl)c1. The van der Waals surface area contributed by atoms with Crippen molar-refractivity contribution in [2.24, 2.45) is 0 Å². The quantitative estimate of drug-likeness (QED) is 0.646. The van der Waals surface area contributed by atoms with Gasteiger partial charge in [-0.05, 0) is 43.9 Å². The third kappa shape index (κ3) is 4.42. The normalized spacial score (nSPS) is 18.0. The lowest BCUT2D eigenvalue weighted by molar-refractivity contribution is -0.112. The van der Waals surface area contributed by atoms with E-state index in [9.17, 15) is 10.1 Å². The number of hydrogen-bond donors (Lipinski definition) is 1. The van der Waals surface area contributed by atoms with Crippen molar-refractivity contribution in [3.63, 3.8) is 0 Å². The van der Waals surface area contributed by atoms with Gasteiger partial charge in [0.05, 0.1) is 12.1 Å². The van der Waals surface area contributed by atoms with Crippen LogP contribution in [0.5, 0.6) is 5.75 Å². The van der Waals surface area contributed by atoms with E-state index in [0.29, 0.717) is 22.5 Å². The van der Waals surface area contributed by atoms with Crippen molar-refractivity contribution in [2.75, 3.05) is 19.0 Å². The molecule has 1 saturated heterocycles. The Morgan fingerprint density at radius 1 is 1.54 bits per heavy atom. The van der Waals surface area contributed by atoms with Crippen LogP contribution < -0.4 is 10.1 Å². The number of likely N-dealkylation sites (tertiary alicyclic amines) is 1. The van der Waals surface area contributed by atoms with Crippen LogP contribution in [0.2, 0.25) is 5.02 Å². The first kappa shape index (κ1) is 18.2. The molecule has 0 bridgehead atoms. The summed E-state index contributed by atoms with van der Waals surface area (Å²) in [4.78, 5) is 14.5. The first-order valence-corrected chi connectivity index (χ1v) is 8.49. The second kappa shape index (κ2) is 8.60. The highest BCUT2D eigenvalue weighted by Gasteiger charge is 2.20. The van der Waals surface area contributed by atoms with Crippen molar-refractivity contribution < 1.29 is 9.53 Å². The molecule has 0 spiro atoms. The van der Waals surface area contributed by atoms with E-state index in [4.69, 9.17) is 16.3 Å². The number of carbonyl (C=O) groups excluding carboxylic acids is 1. The maximum absolute atomic E-state index is 12.4. The summed E-state index contributed by atoms with van der Waals surface area (Å²) < 4.78 is 5.08. The molecule has 1 fully saturated rings. The number of amides is 1. The van der Waals surface area contributed by atoms with Crippen LogP contribution in [0.15, 0.2) is 30.0 Å². The predicted molar refractivity (Wildman–Crippen MR) is 95.0 cm³/mol. The molecule has 1 unspecified atom stereocenters. The summed E-state index contributed by atoms with van der Waals surface area (Å²) in [5.74, 6) is 0.101. The van der Waals surface area contributed by atoms with Crippen molar-refractivity contribution in [1.29, 1.82) is 5.26 Å². The summed E-state index contributed by atoms with van der Waals surface area (Å²) in [6, 6.07) is 7.35. The Morgan fingerprint density at radius 3 is 2.96 bits per heavy atom. The molecule has 1 aliphatic heterocycles. The fraction of sp³-hybridized carbons (Fsp3) is 0.444. The molecule has 1 N–H and O–H groups in total. The summed E-state index contributed by atoms with van der Waals surface area (Å²) in [6.07, 6.45) is 6.07. The zero-order valence-corrected chi connectivity index (χ0v) is 14.8. The van der Waals surface area contributed by atoms with Crippen molar-refractivity contribution in [2.45, 2.75) is 38.6 Å². The Hall–Kier alpha value is -2.19. The largest absolute Gasteiger partial charge is 0.495 e. The number of hydrogen-bond acceptors (Lipinski definition) is 4. The first-order valence-electron chi connectivity index (χ1n) is 8.11. The van der Waals surface area contributed by atoms with Gasteiger partial charge in [-0.3, -0.25) is 4.79 Å². The Bertz CT molecular complexity index is 667. The van der Waals surface area contributed by atoms with E-state index >= 15 is 0 Å². The van der Waals surface area contributed by atoms with Crippen molar-refractivity contribution in [1.82, 2.24) is 4.90 Å². The fourth-order valence-electron chi connectivity index (χ4n) is 2.88. The summed E-state index contributed by atoms with van der Waals surface area (Å²) in [5, 5.41) is 12.5. The number of piperidine rings is 1. The predicted octanol–water partition coefficient (Wildman–Crippen LogP) is 3.96. The van der Waals surface area contributed by atoms with E-state index in [1.54, 1.807) is 24.4 Å². The van der Waals surface area contributed by atoms with E-state index in [0.717, 1.165) is 25.8 Å². The number of benzene rings is 1. The van der Waals surface area contributed by atoms with Crippen LogP contribution in [0.25, 0.3) is 0 Å². The Balaban J connectivity index is 2.12. The van der Waals surface area contributed by atoms with Gasteiger partial charge in [0.15, 0.2) is 0 Å². The average molecular weight is 348 g/mol. The van der Waals surface area contributed by atoms with E-state index in [2.05, 4.69) is 17.1 Å².